The molecule has 0 fully saturated rings. The molecule has 1 aromatic heterocycles. The van der Waals surface area contributed by atoms with E-state index in [1.54, 1.807) is 36.4 Å². The zero-order chi connectivity index (χ0) is 21.8. The minimum Gasteiger partial charge on any atom is -0.397 e. The van der Waals surface area contributed by atoms with Crippen molar-refractivity contribution in [3.8, 4) is 0 Å². The summed E-state index contributed by atoms with van der Waals surface area (Å²) >= 11 is 1.19. The Balaban J connectivity index is 1.77. The van der Waals surface area contributed by atoms with Crippen LogP contribution in [0.4, 0.5) is 22.1 Å². The summed E-state index contributed by atoms with van der Waals surface area (Å²) in [6.07, 6.45) is 0. The average Bonchev–Trinajstić information content (AvgIpc) is 3.12. The van der Waals surface area contributed by atoms with Gasteiger partial charge in [-0.25, -0.2) is 0 Å². The number of benzene rings is 3. The zero-order valence-electron chi connectivity index (χ0n) is 16.9. The molecule has 1 heterocycles. The molecule has 0 aliphatic carbocycles. The van der Waals surface area contributed by atoms with Crippen LogP contribution in [0, 0.1) is 6.92 Å². The Morgan fingerprint density at radius 2 is 1.45 bits per heavy atom. The van der Waals surface area contributed by atoms with E-state index in [0.29, 0.717) is 21.1 Å². The molecule has 4 N–H and O–H groups in total. The van der Waals surface area contributed by atoms with Gasteiger partial charge in [-0.05, 0) is 30.7 Å². The standard InChI is InChI=1S/C25H21N3O2S/c1-16-10-8-9-15-19(16)28-25-20(24(30)27-18-13-6-3-7-14-18)21(26)23(31-25)22(29)17-11-4-2-5-12-17/h2-15,28H,26H2,1H3,(H,27,30). The number of thiophene rings is 1. The first kappa shape index (κ1) is 20.4. The minimum absolute atomic E-state index is 0.170. The van der Waals surface area contributed by atoms with Crippen LogP contribution in [0.15, 0.2) is 84.9 Å². The molecular formula is C25H21N3O2S. The largest absolute Gasteiger partial charge is 0.397 e. The summed E-state index contributed by atoms with van der Waals surface area (Å²) in [6, 6.07) is 25.8. The van der Waals surface area contributed by atoms with E-state index in [2.05, 4.69) is 10.6 Å². The number of hydrogen-bond acceptors (Lipinski definition) is 5. The number of anilines is 4. The third-order valence-corrected chi connectivity index (χ3v) is 5.96. The fourth-order valence-corrected chi connectivity index (χ4v) is 4.29. The van der Waals surface area contributed by atoms with Crippen LogP contribution in [0.25, 0.3) is 0 Å². The number of nitrogens with one attached hydrogen (secondary N) is 2. The van der Waals surface area contributed by atoms with E-state index in [0.717, 1.165) is 11.3 Å². The van der Waals surface area contributed by atoms with Crippen molar-refractivity contribution in [2.45, 2.75) is 6.92 Å². The Labute approximate surface area is 184 Å². The van der Waals surface area contributed by atoms with Crippen LogP contribution >= 0.6 is 11.3 Å². The molecule has 0 atom stereocenters. The Hall–Kier alpha value is -3.90. The number of rotatable bonds is 6. The summed E-state index contributed by atoms with van der Waals surface area (Å²) in [7, 11) is 0. The zero-order valence-corrected chi connectivity index (χ0v) is 17.7. The van der Waals surface area contributed by atoms with Crippen LogP contribution in [0.3, 0.4) is 0 Å². The molecule has 3 aromatic carbocycles. The second-order valence-electron chi connectivity index (χ2n) is 7.00. The number of amides is 1. The highest BCUT2D eigenvalue weighted by molar-refractivity contribution is 7.19. The molecule has 4 rings (SSSR count). The van der Waals surface area contributed by atoms with Crippen LogP contribution < -0.4 is 16.4 Å². The van der Waals surface area contributed by atoms with E-state index < -0.39 is 0 Å². The maximum atomic E-state index is 13.2. The van der Waals surface area contributed by atoms with Gasteiger partial charge in [0.1, 0.15) is 9.88 Å². The molecule has 0 aliphatic heterocycles. The Bertz CT molecular complexity index is 1230. The molecule has 154 valence electrons. The summed E-state index contributed by atoms with van der Waals surface area (Å²) in [6.45, 7) is 1.97. The lowest BCUT2D eigenvalue weighted by molar-refractivity contribution is 0.102. The van der Waals surface area contributed by atoms with Gasteiger partial charge in [0.15, 0.2) is 0 Å². The van der Waals surface area contributed by atoms with E-state index in [1.165, 1.54) is 11.3 Å². The average molecular weight is 428 g/mol. The number of hydrogen-bond donors (Lipinski definition) is 3. The van der Waals surface area contributed by atoms with Crippen molar-refractivity contribution >= 4 is 45.1 Å². The van der Waals surface area contributed by atoms with Gasteiger partial charge >= 0.3 is 0 Å². The lowest BCUT2D eigenvalue weighted by Gasteiger charge is -2.11. The van der Waals surface area contributed by atoms with Crippen LogP contribution in [0.1, 0.15) is 31.2 Å². The highest BCUT2D eigenvalue weighted by Gasteiger charge is 2.26. The van der Waals surface area contributed by atoms with Crippen molar-refractivity contribution in [3.63, 3.8) is 0 Å². The van der Waals surface area contributed by atoms with E-state index in [9.17, 15) is 9.59 Å². The van der Waals surface area contributed by atoms with Crippen molar-refractivity contribution < 1.29 is 9.59 Å². The quantitative estimate of drug-likeness (QED) is 0.336. The van der Waals surface area contributed by atoms with Gasteiger partial charge in [0.25, 0.3) is 5.91 Å². The number of carbonyl (C=O) groups is 2. The van der Waals surface area contributed by atoms with Crippen molar-refractivity contribution in [2.75, 3.05) is 16.4 Å². The fraction of sp³-hybridized carbons (Fsp3) is 0.0400. The van der Waals surface area contributed by atoms with E-state index >= 15 is 0 Å². The van der Waals surface area contributed by atoms with Crippen LogP contribution in [-0.2, 0) is 0 Å². The Kier molecular flexibility index (Phi) is 5.82. The van der Waals surface area contributed by atoms with Gasteiger partial charge in [-0.1, -0.05) is 66.7 Å². The van der Waals surface area contributed by atoms with Gasteiger partial charge < -0.3 is 16.4 Å². The molecule has 31 heavy (non-hydrogen) atoms. The van der Waals surface area contributed by atoms with Gasteiger partial charge in [0, 0.05) is 16.9 Å². The molecule has 6 heteroatoms. The molecule has 0 saturated heterocycles. The summed E-state index contributed by atoms with van der Waals surface area (Å²) in [5.41, 5.74) is 9.84. The predicted molar refractivity (Wildman–Crippen MR) is 127 cm³/mol. The van der Waals surface area contributed by atoms with Crippen LogP contribution in [-0.4, -0.2) is 11.7 Å². The SMILES string of the molecule is Cc1ccccc1Nc1sc(C(=O)c2ccccc2)c(N)c1C(=O)Nc1ccccc1. The molecule has 5 nitrogen and oxygen atoms in total. The first-order valence-corrected chi connectivity index (χ1v) is 10.6. The lowest BCUT2D eigenvalue weighted by Crippen LogP contribution is -2.15. The number of para-hydroxylation sites is 2. The number of nitrogens with two attached hydrogens (primary N) is 1. The molecule has 4 aromatic rings. The van der Waals surface area contributed by atoms with Crippen LogP contribution in [0.5, 0.6) is 0 Å². The molecule has 0 bridgehead atoms. The predicted octanol–water partition coefficient (Wildman–Crippen LogP) is 5.87. The van der Waals surface area contributed by atoms with E-state index in [-0.39, 0.29) is 22.9 Å². The molecule has 0 unspecified atom stereocenters. The minimum atomic E-state index is -0.372. The fourth-order valence-electron chi connectivity index (χ4n) is 3.20. The van der Waals surface area contributed by atoms with Gasteiger partial charge in [0.05, 0.1) is 11.3 Å². The van der Waals surface area contributed by atoms with Gasteiger partial charge in [-0.3, -0.25) is 9.59 Å². The summed E-state index contributed by atoms with van der Waals surface area (Å²) in [5, 5.41) is 6.70. The van der Waals surface area contributed by atoms with Gasteiger partial charge in [0.2, 0.25) is 5.78 Å². The van der Waals surface area contributed by atoms with Gasteiger partial charge in [-0.15, -0.1) is 11.3 Å². The smallest absolute Gasteiger partial charge is 0.260 e. The monoisotopic (exact) mass is 427 g/mol. The summed E-state index contributed by atoms with van der Waals surface area (Å²) in [5.74, 6) is -0.585. The first-order valence-electron chi connectivity index (χ1n) is 9.75. The molecular weight excluding hydrogens is 406 g/mol. The molecule has 0 saturated carbocycles. The van der Waals surface area contributed by atoms with Crippen molar-refractivity contribution in [3.05, 3.63) is 106 Å². The highest BCUT2D eigenvalue weighted by Crippen LogP contribution is 2.39. The maximum Gasteiger partial charge on any atom is 0.260 e. The van der Waals surface area contributed by atoms with Gasteiger partial charge in [-0.2, -0.15) is 0 Å². The van der Waals surface area contributed by atoms with Crippen LogP contribution in [0.2, 0.25) is 0 Å². The number of carbonyl (C=O) groups excluding carboxylic acids is 2. The Morgan fingerprint density at radius 1 is 0.839 bits per heavy atom. The first-order chi connectivity index (χ1) is 15.0. The lowest BCUT2D eigenvalue weighted by atomic mass is 10.1. The molecule has 0 radical (unpaired) electrons. The third kappa shape index (κ3) is 4.34. The molecule has 0 spiro atoms. The van der Waals surface area contributed by atoms with Crippen molar-refractivity contribution in [2.24, 2.45) is 0 Å². The third-order valence-electron chi connectivity index (χ3n) is 4.84. The van der Waals surface area contributed by atoms with E-state index in [1.807, 2.05) is 55.5 Å². The second kappa shape index (κ2) is 8.85. The van der Waals surface area contributed by atoms with Crippen molar-refractivity contribution in [1.29, 1.82) is 0 Å². The van der Waals surface area contributed by atoms with Crippen molar-refractivity contribution in [1.82, 2.24) is 0 Å². The Morgan fingerprint density at radius 3 is 2.13 bits per heavy atom. The summed E-state index contributed by atoms with van der Waals surface area (Å²) in [4.78, 5) is 26.6. The second-order valence-corrected chi connectivity index (χ2v) is 8.02. The maximum absolute atomic E-state index is 13.2. The summed E-state index contributed by atoms with van der Waals surface area (Å²) < 4.78 is 0. The molecule has 1 amide bonds. The van der Waals surface area contributed by atoms with E-state index in [4.69, 9.17) is 5.73 Å². The normalized spacial score (nSPS) is 10.5. The molecule has 0 aliphatic rings. The number of nitrogen functional groups attached to an aromatic ring is 1. The number of ketones is 1. The number of aryl methyl sites for hydroxylation is 1. The topological polar surface area (TPSA) is 84.2 Å². The highest BCUT2D eigenvalue weighted by atomic mass is 32.1.